The van der Waals surface area contributed by atoms with Gasteiger partial charge in [0.05, 0.1) is 22.8 Å². The number of aromatic nitrogens is 6. The molecule has 0 N–H and O–H groups in total. The van der Waals surface area contributed by atoms with Crippen molar-refractivity contribution in [2.24, 2.45) is 0 Å². The van der Waals surface area contributed by atoms with Crippen LogP contribution in [-0.4, -0.2) is 49.6 Å². The van der Waals surface area contributed by atoms with Gasteiger partial charge in [-0.3, -0.25) is 29.3 Å². The van der Waals surface area contributed by atoms with Gasteiger partial charge in [-0.25, -0.2) is 4.98 Å². The van der Waals surface area contributed by atoms with E-state index in [0.29, 0.717) is 87.4 Å². The standard InChI is InChI=1S/C42H29N3O6.C21H21F3N3S.CNS.Ru/c46-27-49-40(33-10-4-1-5-11-33)24-30-16-18-43-36(20-30)38-22-32(26-42(51-29-48)35-14-8-3-9-15-35)23-39(45-38)37-21-31(17-19-44-37)25-41(50-28-47)34-12-6-2-7-13-34;1-2-3-4-5-6-16-9-10-17(28-16)8-7-15-11-12-25-18(13-15)19-14-20(27-26-19)21(22,23)24;2-1-3;/h1-29H;7-14H,2-6H2,1H3;;/q;2*-1;+2/b40-24+,41-25+,42-26+;8-7+;;. The maximum atomic E-state index is 12.7. The predicted molar refractivity (Wildman–Crippen MR) is 318 cm³/mol. The Hall–Kier alpha value is -9.25. The topological polar surface area (TPSA) is 180 Å². The van der Waals surface area contributed by atoms with Gasteiger partial charge in [-0.2, -0.15) is 18.3 Å². The average Bonchev–Trinajstić information content (AvgIpc) is 4.25. The summed E-state index contributed by atoms with van der Waals surface area (Å²) in [4.78, 5) is 55.0. The van der Waals surface area contributed by atoms with E-state index >= 15 is 0 Å². The number of aryl methyl sites for hydroxylation is 1. The quantitative estimate of drug-likeness (QED) is 0.0119. The molecule has 0 aliphatic carbocycles. The van der Waals surface area contributed by atoms with E-state index in [-0.39, 0.29) is 25.2 Å². The van der Waals surface area contributed by atoms with Crippen molar-refractivity contribution in [1.29, 1.82) is 0 Å². The van der Waals surface area contributed by atoms with E-state index in [1.807, 2.05) is 127 Å². The Morgan fingerprint density at radius 3 is 1.48 bits per heavy atom. The molecular weight excluding hydrogens is 1180 g/mol. The van der Waals surface area contributed by atoms with Gasteiger partial charge < -0.3 is 29.8 Å². The summed E-state index contributed by atoms with van der Waals surface area (Å²) in [6.07, 6.45) is 15.6. The summed E-state index contributed by atoms with van der Waals surface area (Å²) < 4.78 is 54.1. The largest absolute Gasteiger partial charge is 2.00 e. The third-order valence-electron chi connectivity index (χ3n) is 11.8. The van der Waals surface area contributed by atoms with Crippen LogP contribution in [0.5, 0.6) is 0 Å². The van der Waals surface area contributed by atoms with Gasteiger partial charge >= 0.3 is 25.7 Å². The second-order valence-electron chi connectivity index (χ2n) is 17.5. The molecule has 83 heavy (non-hydrogen) atoms. The smallest absolute Gasteiger partial charge is 0.753 e. The van der Waals surface area contributed by atoms with Crippen LogP contribution < -0.4 is 5.10 Å². The second-order valence-corrected chi connectivity index (χ2v) is 18.9. The van der Waals surface area contributed by atoms with Gasteiger partial charge in [0.25, 0.3) is 19.4 Å². The molecule has 0 amide bonds. The minimum atomic E-state index is -4.50. The van der Waals surface area contributed by atoms with Crippen LogP contribution in [0.1, 0.15) is 87.0 Å². The van der Waals surface area contributed by atoms with Crippen molar-refractivity contribution in [3.05, 3.63) is 236 Å². The van der Waals surface area contributed by atoms with Gasteiger partial charge in [0.2, 0.25) is 0 Å². The number of nitrogens with zero attached hydrogens (tertiary/aromatic N) is 7. The molecule has 0 spiro atoms. The van der Waals surface area contributed by atoms with Gasteiger partial charge in [-0.15, -0.1) is 11.3 Å². The molecule has 3 aromatic carbocycles. The molecule has 0 fully saturated rings. The molecule has 6 aromatic heterocycles. The molecular formula is C64H50F3N7O6RuS2. The van der Waals surface area contributed by atoms with Crippen LogP contribution in [-0.2, 0) is 60.7 Å². The molecule has 0 aliphatic heterocycles. The Balaban J connectivity index is 0.000000292. The Kier molecular flexibility index (Phi) is 24.9. The number of thiocarbonyl (C=S) groups is 1. The molecule has 418 valence electrons. The monoisotopic (exact) mass is 1240 g/mol. The van der Waals surface area contributed by atoms with E-state index in [1.165, 1.54) is 35.7 Å². The van der Waals surface area contributed by atoms with Crippen LogP contribution in [0, 0.1) is 0 Å². The molecule has 0 aliphatic rings. The first-order chi connectivity index (χ1) is 40.0. The molecule has 13 nitrogen and oxygen atoms in total. The number of halogens is 3. The summed E-state index contributed by atoms with van der Waals surface area (Å²) in [6.45, 7) is 3.37. The third kappa shape index (κ3) is 19.5. The van der Waals surface area contributed by atoms with Crippen LogP contribution >= 0.6 is 23.6 Å². The number of unbranched alkanes of at least 4 members (excludes halogenated alkanes) is 3. The summed E-state index contributed by atoms with van der Waals surface area (Å²) in [5, 5.41) is 15.3. The zero-order valence-corrected chi connectivity index (χ0v) is 47.7. The van der Waals surface area contributed by atoms with Crippen molar-refractivity contribution in [3.8, 4) is 34.2 Å². The molecule has 0 saturated carbocycles. The summed E-state index contributed by atoms with van der Waals surface area (Å²) in [6, 6.07) is 47.4. The normalized spacial score (nSPS) is 11.4. The van der Waals surface area contributed by atoms with Gasteiger partial charge in [-0.1, -0.05) is 141 Å². The number of isothiocyanates is 1. The minimum Gasteiger partial charge on any atom is -0.753 e. The van der Waals surface area contributed by atoms with Crippen molar-refractivity contribution < 1.29 is 61.2 Å². The Labute approximate surface area is 499 Å². The number of carbonyl (C=O) groups is 3. The number of benzene rings is 3. The van der Waals surface area contributed by atoms with E-state index in [0.717, 1.165) is 34.1 Å². The van der Waals surface area contributed by atoms with Crippen LogP contribution in [0.25, 0.3) is 87.2 Å². The molecule has 0 saturated heterocycles. The van der Waals surface area contributed by atoms with Crippen LogP contribution in [0.3, 0.4) is 0 Å². The Morgan fingerprint density at radius 1 is 0.578 bits per heavy atom. The van der Waals surface area contributed by atoms with Gasteiger partial charge in [0.15, 0.2) is 0 Å². The summed E-state index contributed by atoms with van der Waals surface area (Å²) in [7, 11) is 0. The van der Waals surface area contributed by atoms with E-state index in [9.17, 15) is 27.6 Å². The summed E-state index contributed by atoms with van der Waals surface area (Å²) in [5.41, 5.74) is 6.63. The first kappa shape index (κ1) is 62.9. The Bertz CT molecular complexity index is 3590. The van der Waals surface area contributed by atoms with Crippen LogP contribution in [0.2, 0.25) is 0 Å². The molecule has 0 unspecified atom stereocenters. The maximum Gasteiger partial charge on any atom is 2.00 e. The molecule has 19 heteroatoms. The van der Waals surface area contributed by atoms with Crippen molar-refractivity contribution in [1.82, 2.24) is 30.1 Å². The number of ether oxygens (including phenoxy) is 3. The van der Waals surface area contributed by atoms with Crippen LogP contribution in [0.4, 0.5) is 13.2 Å². The first-order valence-electron chi connectivity index (χ1n) is 25.4. The number of carbonyl (C=O) groups excluding carboxylic acids is 3. The average molecular weight is 1240 g/mol. The fourth-order valence-corrected chi connectivity index (χ4v) is 8.95. The van der Waals surface area contributed by atoms with Crippen LogP contribution in [0.15, 0.2) is 176 Å². The Morgan fingerprint density at radius 2 is 1.02 bits per heavy atom. The van der Waals surface area contributed by atoms with E-state index < -0.39 is 11.9 Å². The fraction of sp³-hybridized carbons (Fsp3) is 0.109. The first-order valence-corrected chi connectivity index (χ1v) is 26.6. The summed E-state index contributed by atoms with van der Waals surface area (Å²) >= 11 is 5.47. The molecule has 9 aromatic rings. The SMILES string of the molecule is CCCCCCc1ccc(/C=C/c2ccnc(-c3cc(C(F)(F)F)n[n-]3)c2)s1.O=CO/C(=C/c1ccnc(-c2cc(/C=C(/OC=O)c3ccccc3)cc(-c3cc(/C=C(/OC=O)c4ccccc4)ccn3)n2)c1)c1ccccc1.[N-]=C=S.[Ru+2]. The minimum absolute atomic E-state index is 0. The van der Waals surface area contributed by atoms with E-state index in [1.54, 1.807) is 72.4 Å². The third-order valence-corrected chi connectivity index (χ3v) is 12.9. The molecule has 9 rings (SSSR count). The number of hydrogen-bond acceptors (Lipinski definition) is 13. The number of pyridine rings is 4. The van der Waals surface area contributed by atoms with Crippen molar-refractivity contribution in [2.75, 3.05) is 0 Å². The maximum absolute atomic E-state index is 12.7. The molecule has 0 radical (unpaired) electrons. The number of rotatable bonds is 22. The van der Waals surface area contributed by atoms with Crippen molar-refractivity contribution in [3.63, 3.8) is 0 Å². The number of thiophene rings is 1. The van der Waals surface area contributed by atoms with Crippen molar-refractivity contribution >= 4 is 95.8 Å². The molecule has 0 bridgehead atoms. The van der Waals surface area contributed by atoms with Crippen molar-refractivity contribution in [2.45, 2.75) is 45.2 Å². The number of alkyl halides is 3. The molecule has 6 heterocycles. The summed E-state index contributed by atoms with van der Waals surface area (Å²) in [5.74, 6) is 1.07. The zero-order valence-electron chi connectivity index (χ0n) is 44.3. The van der Waals surface area contributed by atoms with Gasteiger partial charge in [0.1, 0.15) is 23.0 Å². The second kappa shape index (κ2) is 32.9. The predicted octanol–water partition coefficient (Wildman–Crippen LogP) is 15.3. The van der Waals surface area contributed by atoms with E-state index in [2.05, 4.69) is 56.4 Å². The van der Waals surface area contributed by atoms with Gasteiger partial charge in [0, 0.05) is 50.7 Å². The molecule has 0 atom stereocenters. The van der Waals surface area contributed by atoms with Gasteiger partial charge in [-0.05, 0) is 126 Å². The number of hydrogen-bond donors (Lipinski definition) is 0. The van der Waals surface area contributed by atoms with E-state index in [4.69, 9.17) is 24.6 Å². The fourth-order valence-electron chi connectivity index (χ4n) is 8.00. The zero-order chi connectivity index (χ0) is 57.9.